The molecule has 1 saturated heterocycles. The zero-order valence-electron chi connectivity index (χ0n) is 12.3. The average Bonchev–Trinajstić information content (AvgIpc) is 2.88. The van der Waals surface area contributed by atoms with Crippen molar-refractivity contribution in [2.24, 2.45) is 5.92 Å². The Morgan fingerprint density at radius 3 is 2.90 bits per heavy atom. The highest BCUT2D eigenvalue weighted by Gasteiger charge is 2.35. The minimum atomic E-state index is -0.242. The van der Waals surface area contributed by atoms with E-state index in [1.807, 2.05) is 6.07 Å². The lowest BCUT2D eigenvalue weighted by Crippen LogP contribution is -2.34. The van der Waals surface area contributed by atoms with Crippen molar-refractivity contribution in [2.75, 3.05) is 13.2 Å². The van der Waals surface area contributed by atoms with Gasteiger partial charge in [-0.3, -0.25) is 4.90 Å². The third-order valence-electron chi connectivity index (χ3n) is 4.78. The van der Waals surface area contributed by atoms with Crippen molar-refractivity contribution in [3.8, 4) is 11.8 Å². The van der Waals surface area contributed by atoms with Crippen molar-refractivity contribution in [2.45, 2.75) is 44.7 Å². The van der Waals surface area contributed by atoms with Gasteiger partial charge < -0.3 is 5.11 Å². The van der Waals surface area contributed by atoms with Crippen LogP contribution in [-0.2, 0) is 6.54 Å². The molecule has 2 nitrogen and oxygen atoms in total. The van der Waals surface area contributed by atoms with E-state index in [9.17, 15) is 4.39 Å². The maximum Gasteiger partial charge on any atom is 0.124 e. The van der Waals surface area contributed by atoms with Gasteiger partial charge in [-0.2, -0.15) is 0 Å². The summed E-state index contributed by atoms with van der Waals surface area (Å²) >= 11 is 0. The van der Waals surface area contributed by atoms with Gasteiger partial charge in [-0.15, -0.1) is 0 Å². The van der Waals surface area contributed by atoms with E-state index in [-0.39, 0.29) is 12.4 Å². The maximum absolute atomic E-state index is 13.7. The highest BCUT2D eigenvalue weighted by molar-refractivity contribution is 5.37. The van der Waals surface area contributed by atoms with Crippen LogP contribution in [0, 0.1) is 23.6 Å². The first-order chi connectivity index (χ1) is 10.3. The molecule has 1 aliphatic heterocycles. The van der Waals surface area contributed by atoms with E-state index in [1.54, 1.807) is 6.07 Å². The van der Waals surface area contributed by atoms with Crippen LogP contribution in [-0.4, -0.2) is 29.2 Å². The molecular formula is C18H22FNO. The van der Waals surface area contributed by atoms with Crippen LogP contribution in [0.25, 0.3) is 0 Å². The van der Waals surface area contributed by atoms with E-state index in [4.69, 9.17) is 5.11 Å². The largest absolute Gasteiger partial charge is 0.384 e. The first-order valence-corrected chi connectivity index (χ1v) is 7.89. The topological polar surface area (TPSA) is 23.5 Å². The Balaban J connectivity index is 1.74. The number of aliphatic hydroxyl groups is 1. The van der Waals surface area contributed by atoms with Crippen LogP contribution in [0.5, 0.6) is 0 Å². The Hall–Kier alpha value is -1.37. The Kier molecular flexibility index (Phi) is 4.57. The monoisotopic (exact) mass is 287 g/mol. The molecule has 112 valence electrons. The fraction of sp³-hybridized carbons (Fsp3) is 0.556. The summed E-state index contributed by atoms with van der Waals surface area (Å²) in [5.74, 6) is 5.99. The highest BCUT2D eigenvalue weighted by Crippen LogP contribution is 2.36. The molecule has 1 aliphatic carbocycles. The molecule has 2 atom stereocenters. The second-order valence-corrected chi connectivity index (χ2v) is 6.18. The van der Waals surface area contributed by atoms with Gasteiger partial charge in [0.1, 0.15) is 12.4 Å². The number of halogens is 1. The molecule has 1 aromatic carbocycles. The van der Waals surface area contributed by atoms with Gasteiger partial charge in [0.15, 0.2) is 0 Å². The number of hydrogen-bond acceptors (Lipinski definition) is 2. The second-order valence-electron chi connectivity index (χ2n) is 6.18. The van der Waals surface area contributed by atoms with Crippen molar-refractivity contribution >= 4 is 0 Å². The smallest absolute Gasteiger partial charge is 0.124 e. The number of benzene rings is 1. The summed E-state index contributed by atoms with van der Waals surface area (Å²) in [5, 5.41) is 8.75. The van der Waals surface area contributed by atoms with Crippen LogP contribution in [0.1, 0.15) is 43.2 Å². The molecule has 3 heteroatoms. The Morgan fingerprint density at radius 2 is 2.05 bits per heavy atom. The normalized spacial score (nSPS) is 25.2. The van der Waals surface area contributed by atoms with Crippen molar-refractivity contribution in [1.29, 1.82) is 0 Å². The SMILES string of the molecule is OCC#Cc1cc(F)cc(CN2CCC3CCCCC32)c1. The number of likely N-dealkylation sites (tertiary alicyclic amines) is 1. The molecule has 0 radical (unpaired) electrons. The van der Waals surface area contributed by atoms with Crippen molar-refractivity contribution in [1.82, 2.24) is 4.90 Å². The molecule has 0 bridgehead atoms. The van der Waals surface area contributed by atoms with E-state index < -0.39 is 0 Å². The first-order valence-electron chi connectivity index (χ1n) is 7.89. The van der Waals surface area contributed by atoms with Crippen molar-refractivity contribution in [3.63, 3.8) is 0 Å². The molecule has 2 fully saturated rings. The van der Waals surface area contributed by atoms with E-state index >= 15 is 0 Å². The van der Waals surface area contributed by atoms with Crippen LogP contribution in [0.15, 0.2) is 18.2 Å². The number of fused-ring (bicyclic) bond motifs is 1. The Morgan fingerprint density at radius 1 is 1.19 bits per heavy atom. The molecule has 2 unspecified atom stereocenters. The van der Waals surface area contributed by atoms with Crippen molar-refractivity contribution < 1.29 is 9.50 Å². The van der Waals surface area contributed by atoms with Crippen LogP contribution >= 0.6 is 0 Å². The van der Waals surface area contributed by atoms with Gasteiger partial charge in [-0.05, 0) is 55.5 Å². The lowest BCUT2D eigenvalue weighted by molar-refractivity contribution is 0.176. The van der Waals surface area contributed by atoms with Crippen LogP contribution in [0.2, 0.25) is 0 Å². The van der Waals surface area contributed by atoms with Gasteiger partial charge in [0.05, 0.1) is 0 Å². The van der Waals surface area contributed by atoms with E-state index in [0.29, 0.717) is 11.6 Å². The number of hydrogen-bond donors (Lipinski definition) is 1. The van der Waals surface area contributed by atoms with Crippen LogP contribution in [0.3, 0.4) is 0 Å². The van der Waals surface area contributed by atoms with Gasteiger partial charge in [-0.25, -0.2) is 4.39 Å². The molecule has 3 rings (SSSR count). The molecule has 1 saturated carbocycles. The fourth-order valence-corrected chi connectivity index (χ4v) is 3.89. The second kappa shape index (κ2) is 6.60. The summed E-state index contributed by atoms with van der Waals surface area (Å²) in [5.41, 5.74) is 1.64. The maximum atomic E-state index is 13.7. The lowest BCUT2D eigenvalue weighted by Gasteiger charge is -2.31. The minimum Gasteiger partial charge on any atom is -0.384 e. The summed E-state index contributed by atoms with van der Waals surface area (Å²) in [6, 6.07) is 5.68. The van der Waals surface area contributed by atoms with Crippen LogP contribution in [0.4, 0.5) is 4.39 Å². The van der Waals surface area contributed by atoms with E-state index in [2.05, 4.69) is 16.7 Å². The molecule has 2 aliphatic rings. The molecule has 1 N–H and O–H groups in total. The third kappa shape index (κ3) is 3.45. The third-order valence-corrected chi connectivity index (χ3v) is 4.78. The number of rotatable bonds is 2. The number of nitrogens with zero attached hydrogens (tertiary/aromatic N) is 1. The van der Waals surface area contributed by atoms with Gasteiger partial charge in [0, 0.05) is 18.2 Å². The summed E-state index contributed by atoms with van der Waals surface area (Å²) in [6.07, 6.45) is 6.63. The van der Waals surface area contributed by atoms with Crippen molar-refractivity contribution in [3.05, 3.63) is 35.1 Å². The van der Waals surface area contributed by atoms with Gasteiger partial charge in [0.2, 0.25) is 0 Å². The minimum absolute atomic E-state index is 0.193. The van der Waals surface area contributed by atoms with E-state index in [0.717, 1.165) is 24.6 Å². The Bertz CT molecular complexity index is 560. The van der Waals surface area contributed by atoms with Gasteiger partial charge in [0.25, 0.3) is 0 Å². The van der Waals surface area contributed by atoms with Crippen LogP contribution < -0.4 is 0 Å². The van der Waals surface area contributed by atoms with E-state index in [1.165, 1.54) is 38.2 Å². The molecular weight excluding hydrogens is 265 g/mol. The summed E-state index contributed by atoms with van der Waals surface area (Å²) < 4.78 is 13.7. The average molecular weight is 287 g/mol. The summed E-state index contributed by atoms with van der Waals surface area (Å²) in [4.78, 5) is 2.52. The highest BCUT2D eigenvalue weighted by atomic mass is 19.1. The standard InChI is InChI=1S/C18H22FNO/c19-17-11-14(4-3-9-21)10-15(12-17)13-20-8-7-16-5-1-2-6-18(16)20/h10-12,16,18,21H,1-2,5-9,13H2. The molecule has 1 heterocycles. The fourth-order valence-electron chi connectivity index (χ4n) is 3.89. The zero-order valence-corrected chi connectivity index (χ0v) is 12.3. The lowest BCUT2D eigenvalue weighted by atomic mass is 9.85. The molecule has 1 aromatic rings. The molecule has 0 spiro atoms. The van der Waals surface area contributed by atoms with Gasteiger partial charge >= 0.3 is 0 Å². The quantitative estimate of drug-likeness (QED) is 0.845. The summed E-state index contributed by atoms with van der Waals surface area (Å²) in [7, 11) is 0. The molecule has 21 heavy (non-hydrogen) atoms. The first kappa shape index (κ1) is 14.6. The zero-order chi connectivity index (χ0) is 14.7. The summed E-state index contributed by atoms with van der Waals surface area (Å²) in [6.45, 7) is 1.75. The number of aliphatic hydroxyl groups excluding tert-OH is 1. The molecule has 0 aromatic heterocycles. The predicted molar refractivity (Wildman–Crippen MR) is 81.1 cm³/mol. The predicted octanol–water partition coefficient (Wildman–Crippen LogP) is 2.93. The molecule has 0 amide bonds. The Labute approximate surface area is 126 Å². The van der Waals surface area contributed by atoms with Gasteiger partial charge in [-0.1, -0.05) is 24.7 Å².